The van der Waals surface area contributed by atoms with E-state index in [1.54, 1.807) is 47.2 Å². The zero-order valence-corrected chi connectivity index (χ0v) is 16.7. The second-order valence-corrected chi connectivity index (χ2v) is 7.66. The summed E-state index contributed by atoms with van der Waals surface area (Å²) in [6.07, 6.45) is 4.17. The Morgan fingerprint density at radius 1 is 0.862 bits per heavy atom. The molecule has 6 nitrogen and oxygen atoms in total. The number of rotatable bonds is 3. The van der Waals surface area contributed by atoms with Gasteiger partial charge in [0, 0.05) is 31.7 Å². The fourth-order valence-electron chi connectivity index (χ4n) is 4.14. The summed E-state index contributed by atoms with van der Waals surface area (Å²) in [4.78, 5) is 29.2. The van der Waals surface area contributed by atoms with E-state index < -0.39 is 0 Å². The lowest BCUT2D eigenvalue weighted by molar-refractivity contribution is 0.0533. The van der Waals surface area contributed by atoms with Crippen molar-refractivity contribution in [3.05, 3.63) is 58.7 Å². The van der Waals surface area contributed by atoms with Crippen LogP contribution in [0.25, 0.3) is 0 Å². The van der Waals surface area contributed by atoms with Crippen molar-refractivity contribution in [2.75, 3.05) is 33.3 Å². The largest absolute Gasteiger partial charge is 0.507 e. The van der Waals surface area contributed by atoms with Crippen LogP contribution in [-0.4, -0.2) is 60.0 Å². The Morgan fingerprint density at radius 2 is 1.41 bits per heavy atom. The molecule has 0 radical (unpaired) electrons. The van der Waals surface area contributed by atoms with Gasteiger partial charge in [0.25, 0.3) is 11.8 Å². The molecule has 1 N–H and O–H groups in total. The van der Waals surface area contributed by atoms with E-state index in [0.717, 1.165) is 31.2 Å². The fourth-order valence-corrected chi connectivity index (χ4v) is 4.14. The molecule has 2 aromatic carbocycles. The van der Waals surface area contributed by atoms with E-state index in [4.69, 9.17) is 4.74 Å². The van der Waals surface area contributed by atoms with Crippen molar-refractivity contribution < 1.29 is 19.4 Å². The van der Waals surface area contributed by atoms with Gasteiger partial charge in [0.05, 0.1) is 12.7 Å². The standard InChI is InChI=1S/C23H26N2O4/c1-29-19-8-6-16(7-9-19)22(27)24-10-12-25(13-11-24)23(28)20-14-17-4-2-3-5-18(17)15-21(20)26/h6-9,14-15,26H,2-5,10-13H2,1H3. The van der Waals surface area contributed by atoms with Gasteiger partial charge in [-0.05, 0) is 73.2 Å². The van der Waals surface area contributed by atoms with Crippen molar-refractivity contribution in [1.29, 1.82) is 0 Å². The zero-order valence-electron chi connectivity index (χ0n) is 16.7. The van der Waals surface area contributed by atoms with Gasteiger partial charge in [-0.15, -0.1) is 0 Å². The maximum Gasteiger partial charge on any atom is 0.257 e. The van der Waals surface area contributed by atoms with Crippen LogP contribution in [0, 0.1) is 0 Å². The van der Waals surface area contributed by atoms with Crippen molar-refractivity contribution in [3.63, 3.8) is 0 Å². The summed E-state index contributed by atoms with van der Waals surface area (Å²) >= 11 is 0. The molecule has 2 aliphatic rings. The molecule has 0 atom stereocenters. The minimum atomic E-state index is -0.160. The summed E-state index contributed by atoms with van der Waals surface area (Å²) in [7, 11) is 1.59. The smallest absolute Gasteiger partial charge is 0.257 e. The second-order valence-electron chi connectivity index (χ2n) is 7.66. The highest BCUT2D eigenvalue weighted by Crippen LogP contribution is 2.29. The van der Waals surface area contributed by atoms with Crippen molar-refractivity contribution in [3.8, 4) is 11.5 Å². The van der Waals surface area contributed by atoms with Gasteiger partial charge in [-0.3, -0.25) is 9.59 Å². The molecule has 2 aromatic rings. The maximum atomic E-state index is 13.0. The minimum absolute atomic E-state index is 0.0450. The predicted molar refractivity (Wildman–Crippen MR) is 110 cm³/mol. The molecule has 1 heterocycles. The van der Waals surface area contributed by atoms with Crippen LogP contribution in [0.3, 0.4) is 0 Å². The number of carbonyl (C=O) groups excluding carboxylic acids is 2. The molecule has 29 heavy (non-hydrogen) atoms. The Balaban J connectivity index is 1.41. The van der Waals surface area contributed by atoms with Crippen LogP contribution < -0.4 is 4.74 Å². The predicted octanol–water partition coefficient (Wildman–Crippen LogP) is 2.88. The van der Waals surface area contributed by atoms with Gasteiger partial charge in [0.1, 0.15) is 11.5 Å². The van der Waals surface area contributed by atoms with E-state index in [9.17, 15) is 14.7 Å². The molecule has 1 fully saturated rings. The van der Waals surface area contributed by atoms with Gasteiger partial charge < -0.3 is 19.6 Å². The molecule has 152 valence electrons. The second kappa shape index (κ2) is 8.15. The highest BCUT2D eigenvalue weighted by atomic mass is 16.5. The molecule has 0 unspecified atom stereocenters. The summed E-state index contributed by atoms with van der Waals surface area (Å²) in [6.45, 7) is 1.86. The number of hydrogen-bond acceptors (Lipinski definition) is 4. The van der Waals surface area contributed by atoms with E-state index in [-0.39, 0.29) is 17.6 Å². The quantitative estimate of drug-likeness (QED) is 0.869. The number of benzene rings is 2. The Kier molecular flexibility index (Phi) is 5.43. The van der Waals surface area contributed by atoms with Crippen molar-refractivity contribution >= 4 is 11.8 Å². The number of aryl methyl sites for hydroxylation is 2. The SMILES string of the molecule is COc1ccc(C(=O)N2CCN(C(=O)c3cc4c(cc3O)CCCC4)CC2)cc1. The highest BCUT2D eigenvalue weighted by Gasteiger charge is 2.27. The van der Waals surface area contributed by atoms with Crippen LogP contribution in [-0.2, 0) is 12.8 Å². The number of nitrogens with zero attached hydrogens (tertiary/aromatic N) is 2. The third-order valence-corrected chi connectivity index (χ3v) is 5.88. The first-order valence-corrected chi connectivity index (χ1v) is 10.1. The van der Waals surface area contributed by atoms with Crippen molar-refractivity contribution in [2.24, 2.45) is 0 Å². The first kappa shape index (κ1) is 19.3. The molecule has 1 saturated heterocycles. The Labute approximate surface area is 170 Å². The van der Waals surface area contributed by atoms with E-state index in [0.29, 0.717) is 43.1 Å². The van der Waals surface area contributed by atoms with Crippen molar-refractivity contribution in [1.82, 2.24) is 9.80 Å². The number of methoxy groups -OCH3 is 1. The average molecular weight is 394 g/mol. The van der Waals surface area contributed by atoms with Gasteiger partial charge in [-0.1, -0.05) is 0 Å². The summed E-state index contributed by atoms with van der Waals surface area (Å²) in [5.74, 6) is 0.568. The van der Waals surface area contributed by atoms with Gasteiger partial charge in [0.15, 0.2) is 0 Å². The van der Waals surface area contributed by atoms with E-state index in [2.05, 4.69) is 0 Å². The third kappa shape index (κ3) is 3.92. The van der Waals surface area contributed by atoms with Crippen LogP contribution in [0.15, 0.2) is 36.4 Å². The Morgan fingerprint density at radius 3 is 2.00 bits per heavy atom. The van der Waals surface area contributed by atoms with Gasteiger partial charge >= 0.3 is 0 Å². The monoisotopic (exact) mass is 394 g/mol. The maximum absolute atomic E-state index is 13.0. The van der Waals surface area contributed by atoms with Crippen LogP contribution >= 0.6 is 0 Å². The number of carbonyl (C=O) groups is 2. The van der Waals surface area contributed by atoms with Gasteiger partial charge in [-0.2, -0.15) is 0 Å². The lowest BCUT2D eigenvalue weighted by atomic mass is 9.89. The normalized spacial score (nSPS) is 16.3. The van der Waals surface area contributed by atoms with Gasteiger partial charge in [0.2, 0.25) is 0 Å². The molecule has 1 aliphatic carbocycles. The number of ether oxygens (including phenoxy) is 1. The number of piperazine rings is 1. The first-order chi connectivity index (χ1) is 14.1. The zero-order chi connectivity index (χ0) is 20.4. The summed E-state index contributed by atoms with van der Waals surface area (Å²) in [6, 6.07) is 10.7. The molecule has 4 rings (SSSR count). The fraction of sp³-hybridized carbons (Fsp3) is 0.391. The number of amides is 2. The van der Waals surface area contributed by atoms with Crippen LogP contribution in [0.2, 0.25) is 0 Å². The molecule has 1 aliphatic heterocycles. The molecule has 0 spiro atoms. The lowest BCUT2D eigenvalue weighted by Gasteiger charge is -2.35. The summed E-state index contributed by atoms with van der Waals surface area (Å²) < 4.78 is 5.13. The molecular weight excluding hydrogens is 368 g/mol. The topological polar surface area (TPSA) is 70.1 Å². The van der Waals surface area contributed by atoms with Crippen LogP contribution in [0.4, 0.5) is 0 Å². The molecule has 0 saturated carbocycles. The summed E-state index contributed by atoms with van der Waals surface area (Å²) in [5, 5.41) is 10.4. The third-order valence-electron chi connectivity index (χ3n) is 5.88. The minimum Gasteiger partial charge on any atom is -0.507 e. The molecule has 2 amide bonds. The van der Waals surface area contributed by atoms with Gasteiger partial charge in [-0.25, -0.2) is 0 Å². The molecule has 0 bridgehead atoms. The number of hydrogen-bond donors (Lipinski definition) is 1. The number of phenols is 1. The van der Waals surface area contributed by atoms with Crippen LogP contribution in [0.5, 0.6) is 11.5 Å². The number of aromatic hydroxyl groups is 1. The number of phenolic OH excluding ortho intramolecular Hbond substituents is 1. The molecular formula is C23H26N2O4. The summed E-state index contributed by atoms with van der Waals surface area (Å²) in [5.41, 5.74) is 3.31. The molecule has 0 aromatic heterocycles. The highest BCUT2D eigenvalue weighted by molar-refractivity contribution is 5.98. The van der Waals surface area contributed by atoms with E-state index in [1.165, 1.54) is 5.56 Å². The lowest BCUT2D eigenvalue weighted by Crippen LogP contribution is -2.50. The molecule has 6 heteroatoms. The van der Waals surface area contributed by atoms with E-state index >= 15 is 0 Å². The van der Waals surface area contributed by atoms with Crippen molar-refractivity contribution in [2.45, 2.75) is 25.7 Å². The Bertz CT molecular complexity index is 915. The van der Waals surface area contributed by atoms with Crippen LogP contribution in [0.1, 0.15) is 44.7 Å². The van der Waals surface area contributed by atoms with E-state index in [1.807, 2.05) is 6.07 Å². The Hall–Kier alpha value is -3.02. The number of fused-ring (bicyclic) bond motifs is 1. The average Bonchev–Trinajstić information content (AvgIpc) is 2.78. The first-order valence-electron chi connectivity index (χ1n) is 10.1.